The van der Waals surface area contributed by atoms with Crippen LogP contribution in [0.15, 0.2) is 60.0 Å². The summed E-state index contributed by atoms with van der Waals surface area (Å²) in [6.07, 6.45) is 1.68. The maximum atomic E-state index is 11.2. The first-order valence-corrected chi connectivity index (χ1v) is 8.57. The van der Waals surface area contributed by atoms with Crippen molar-refractivity contribution in [3.05, 3.63) is 66.0 Å². The number of carbonyl (C=O) groups is 1. The minimum Gasteiger partial charge on any atom is -0.326 e. The van der Waals surface area contributed by atoms with E-state index >= 15 is 0 Å². The molecule has 0 atom stereocenters. The van der Waals surface area contributed by atoms with Gasteiger partial charge in [0.2, 0.25) is 5.91 Å². The van der Waals surface area contributed by atoms with Gasteiger partial charge in [-0.2, -0.15) is 0 Å². The molecule has 3 aromatic rings. The van der Waals surface area contributed by atoms with Crippen molar-refractivity contribution in [2.24, 2.45) is 0 Å². The van der Waals surface area contributed by atoms with Crippen LogP contribution in [0.4, 0.5) is 5.69 Å². The molecule has 0 radical (unpaired) electrons. The number of nitrogens with zero attached hydrogens (tertiary/aromatic N) is 3. The molecule has 0 bridgehead atoms. The van der Waals surface area contributed by atoms with Crippen molar-refractivity contribution < 1.29 is 4.79 Å². The maximum absolute atomic E-state index is 11.2. The molecular formula is C18H18N4OS. The number of aryl methyl sites for hydroxylation is 1. The summed E-state index contributed by atoms with van der Waals surface area (Å²) in [5.41, 5.74) is 4.16. The summed E-state index contributed by atoms with van der Waals surface area (Å²) in [5, 5.41) is 11.8. The molecule has 1 N–H and O–H groups in total. The zero-order valence-corrected chi connectivity index (χ0v) is 14.4. The normalized spacial score (nSPS) is 10.6. The van der Waals surface area contributed by atoms with Gasteiger partial charge in [0.05, 0.1) is 5.69 Å². The van der Waals surface area contributed by atoms with Crippen LogP contribution in [0.2, 0.25) is 0 Å². The van der Waals surface area contributed by atoms with Crippen molar-refractivity contribution in [3.8, 4) is 5.69 Å². The molecule has 0 unspecified atom stereocenters. The standard InChI is InChI=1S/C18H18N4OS/c1-13-6-8-15(9-7-13)11-24-18-21-19-12-22(18)17-5-3-4-16(10-17)20-14(2)23/h3-10,12H,11H2,1-2H3,(H,20,23). The average molecular weight is 338 g/mol. The summed E-state index contributed by atoms with van der Waals surface area (Å²) in [4.78, 5) is 11.2. The number of benzene rings is 2. The third-order valence-electron chi connectivity index (χ3n) is 3.45. The Labute approximate surface area is 145 Å². The van der Waals surface area contributed by atoms with Crippen LogP contribution in [0.3, 0.4) is 0 Å². The molecule has 2 aromatic carbocycles. The van der Waals surface area contributed by atoms with Crippen molar-refractivity contribution in [1.29, 1.82) is 0 Å². The van der Waals surface area contributed by atoms with Gasteiger partial charge >= 0.3 is 0 Å². The number of hydrogen-bond acceptors (Lipinski definition) is 4. The van der Waals surface area contributed by atoms with Crippen molar-refractivity contribution >= 4 is 23.4 Å². The molecule has 6 heteroatoms. The quantitative estimate of drug-likeness (QED) is 0.718. The van der Waals surface area contributed by atoms with Crippen LogP contribution in [0.5, 0.6) is 0 Å². The minimum atomic E-state index is -0.0927. The first-order valence-electron chi connectivity index (χ1n) is 7.58. The lowest BCUT2D eigenvalue weighted by molar-refractivity contribution is -0.114. The second-order valence-electron chi connectivity index (χ2n) is 5.49. The molecular weight excluding hydrogens is 320 g/mol. The summed E-state index contributed by atoms with van der Waals surface area (Å²) < 4.78 is 1.92. The fourth-order valence-electron chi connectivity index (χ4n) is 2.27. The van der Waals surface area contributed by atoms with Gasteiger partial charge in [0.1, 0.15) is 6.33 Å². The van der Waals surface area contributed by atoms with Gasteiger partial charge in [-0.1, -0.05) is 47.7 Å². The number of rotatable bonds is 5. The number of anilines is 1. The molecule has 0 fully saturated rings. The zero-order chi connectivity index (χ0) is 16.9. The number of hydrogen-bond donors (Lipinski definition) is 1. The van der Waals surface area contributed by atoms with Crippen LogP contribution in [-0.2, 0) is 10.5 Å². The monoisotopic (exact) mass is 338 g/mol. The summed E-state index contributed by atoms with van der Waals surface area (Å²) in [7, 11) is 0. The summed E-state index contributed by atoms with van der Waals surface area (Å²) >= 11 is 1.63. The molecule has 122 valence electrons. The molecule has 1 amide bonds. The van der Waals surface area contributed by atoms with E-state index in [-0.39, 0.29) is 5.91 Å². The second kappa shape index (κ2) is 7.31. The van der Waals surface area contributed by atoms with Crippen LogP contribution in [0.25, 0.3) is 5.69 Å². The Morgan fingerprint density at radius 3 is 2.75 bits per heavy atom. The Morgan fingerprint density at radius 1 is 1.21 bits per heavy atom. The minimum absolute atomic E-state index is 0.0927. The fourth-order valence-corrected chi connectivity index (χ4v) is 3.15. The second-order valence-corrected chi connectivity index (χ2v) is 6.43. The molecule has 0 saturated carbocycles. The molecule has 0 spiro atoms. The molecule has 0 aliphatic rings. The lowest BCUT2D eigenvalue weighted by atomic mass is 10.2. The highest BCUT2D eigenvalue weighted by Crippen LogP contribution is 2.24. The zero-order valence-electron chi connectivity index (χ0n) is 13.6. The van der Waals surface area contributed by atoms with Gasteiger partial charge < -0.3 is 5.32 Å². The average Bonchev–Trinajstić information content (AvgIpc) is 3.02. The molecule has 1 aromatic heterocycles. The lowest BCUT2D eigenvalue weighted by Gasteiger charge is -2.09. The van der Waals surface area contributed by atoms with Crippen molar-refractivity contribution in [2.45, 2.75) is 24.8 Å². The molecule has 1 heterocycles. The largest absolute Gasteiger partial charge is 0.326 e. The Bertz CT molecular complexity index is 842. The summed E-state index contributed by atoms with van der Waals surface area (Å²) in [6, 6.07) is 16.1. The van der Waals surface area contributed by atoms with Gasteiger partial charge in [0.15, 0.2) is 5.16 Å². The molecule has 0 saturated heterocycles. The van der Waals surface area contributed by atoms with E-state index in [1.54, 1.807) is 18.1 Å². The van der Waals surface area contributed by atoms with E-state index in [0.717, 1.165) is 22.3 Å². The Balaban J connectivity index is 1.77. The van der Waals surface area contributed by atoms with E-state index in [1.165, 1.54) is 18.1 Å². The van der Waals surface area contributed by atoms with Gasteiger partial charge in [-0.15, -0.1) is 10.2 Å². The van der Waals surface area contributed by atoms with Crippen molar-refractivity contribution in [3.63, 3.8) is 0 Å². The van der Waals surface area contributed by atoms with Crippen LogP contribution in [0, 0.1) is 6.92 Å². The van der Waals surface area contributed by atoms with E-state index in [4.69, 9.17) is 0 Å². The first-order chi connectivity index (χ1) is 11.6. The van der Waals surface area contributed by atoms with E-state index in [2.05, 4.69) is 46.7 Å². The highest BCUT2D eigenvalue weighted by molar-refractivity contribution is 7.98. The molecule has 24 heavy (non-hydrogen) atoms. The Hall–Kier alpha value is -2.60. The van der Waals surface area contributed by atoms with Gasteiger partial charge in [-0.05, 0) is 30.7 Å². The van der Waals surface area contributed by atoms with Crippen LogP contribution in [-0.4, -0.2) is 20.7 Å². The maximum Gasteiger partial charge on any atom is 0.221 e. The van der Waals surface area contributed by atoms with Gasteiger partial charge in [-0.3, -0.25) is 9.36 Å². The van der Waals surface area contributed by atoms with E-state index in [0.29, 0.717) is 0 Å². The topological polar surface area (TPSA) is 59.8 Å². The summed E-state index contributed by atoms with van der Waals surface area (Å²) in [5.74, 6) is 0.731. The Morgan fingerprint density at radius 2 is 2.00 bits per heavy atom. The molecule has 0 aliphatic heterocycles. The van der Waals surface area contributed by atoms with Crippen LogP contribution >= 0.6 is 11.8 Å². The molecule has 5 nitrogen and oxygen atoms in total. The first kappa shape index (κ1) is 16.3. The number of amides is 1. The van der Waals surface area contributed by atoms with Crippen molar-refractivity contribution in [1.82, 2.24) is 14.8 Å². The molecule has 3 rings (SSSR count). The van der Waals surface area contributed by atoms with E-state index < -0.39 is 0 Å². The summed E-state index contributed by atoms with van der Waals surface area (Å²) in [6.45, 7) is 3.57. The highest BCUT2D eigenvalue weighted by Gasteiger charge is 2.08. The highest BCUT2D eigenvalue weighted by atomic mass is 32.2. The van der Waals surface area contributed by atoms with E-state index in [9.17, 15) is 4.79 Å². The lowest BCUT2D eigenvalue weighted by Crippen LogP contribution is -2.06. The SMILES string of the molecule is CC(=O)Nc1cccc(-n2cnnc2SCc2ccc(C)cc2)c1. The third-order valence-corrected chi connectivity index (χ3v) is 4.46. The Kier molecular flexibility index (Phi) is 4.96. The number of aromatic nitrogens is 3. The van der Waals surface area contributed by atoms with Crippen LogP contribution in [0.1, 0.15) is 18.1 Å². The predicted octanol–water partition coefficient (Wildman–Crippen LogP) is 3.83. The smallest absolute Gasteiger partial charge is 0.221 e. The number of carbonyl (C=O) groups excluding carboxylic acids is 1. The van der Waals surface area contributed by atoms with Crippen LogP contribution < -0.4 is 5.32 Å². The fraction of sp³-hybridized carbons (Fsp3) is 0.167. The number of thioether (sulfide) groups is 1. The van der Waals surface area contributed by atoms with Gasteiger partial charge in [0, 0.05) is 18.4 Å². The third kappa shape index (κ3) is 4.02. The predicted molar refractivity (Wildman–Crippen MR) is 96.4 cm³/mol. The van der Waals surface area contributed by atoms with Gasteiger partial charge in [0.25, 0.3) is 0 Å². The number of nitrogens with one attached hydrogen (secondary N) is 1. The van der Waals surface area contributed by atoms with E-state index in [1.807, 2.05) is 28.8 Å². The van der Waals surface area contributed by atoms with Crippen molar-refractivity contribution in [2.75, 3.05) is 5.32 Å². The van der Waals surface area contributed by atoms with Gasteiger partial charge in [-0.25, -0.2) is 0 Å². The molecule has 0 aliphatic carbocycles.